The summed E-state index contributed by atoms with van der Waals surface area (Å²) in [6.45, 7) is 2.58. The molecule has 1 unspecified atom stereocenters. The minimum atomic E-state index is -0.445. The van der Waals surface area contributed by atoms with Crippen molar-refractivity contribution in [2.45, 2.75) is 25.3 Å². The summed E-state index contributed by atoms with van der Waals surface area (Å²) in [5, 5.41) is 3.56. The molecule has 3 N–H and O–H groups in total. The summed E-state index contributed by atoms with van der Waals surface area (Å²) in [5.74, 6) is -0.103. The van der Waals surface area contributed by atoms with Gasteiger partial charge in [0, 0.05) is 26.7 Å². The Kier molecular flexibility index (Phi) is 3.71. The van der Waals surface area contributed by atoms with Gasteiger partial charge in [-0.1, -0.05) is 11.3 Å². The van der Waals surface area contributed by atoms with Crippen LogP contribution in [0.1, 0.15) is 28.9 Å². The van der Waals surface area contributed by atoms with Crippen LogP contribution in [0.2, 0.25) is 0 Å². The van der Waals surface area contributed by atoms with Crippen LogP contribution in [0.4, 0.5) is 10.9 Å². The van der Waals surface area contributed by atoms with E-state index in [4.69, 9.17) is 5.73 Å². The first-order valence-corrected chi connectivity index (χ1v) is 7.95. The van der Waals surface area contributed by atoms with Crippen molar-refractivity contribution in [1.29, 1.82) is 0 Å². The van der Waals surface area contributed by atoms with Crippen LogP contribution in [0.25, 0.3) is 0 Å². The van der Waals surface area contributed by atoms with Crippen LogP contribution >= 0.6 is 11.3 Å². The predicted octanol–water partition coefficient (Wildman–Crippen LogP) is 0.286. The Hall–Kier alpha value is -1.83. The van der Waals surface area contributed by atoms with E-state index in [1.807, 2.05) is 0 Å². The summed E-state index contributed by atoms with van der Waals surface area (Å²) in [5.41, 5.74) is 5.86. The number of rotatable bonds is 3. The molecule has 7 nitrogen and oxygen atoms in total. The van der Waals surface area contributed by atoms with Gasteiger partial charge in [0.2, 0.25) is 5.91 Å². The molecule has 2 amide bonds. The van der Waals surface area contributed by atoms with Crippen molar-refractivity contribution in [2.24, 2.45) is 0 Å². The van der Waals surface area contributed by atoms with Gasteiger partial charge in [0.25, 0.3) is 5.91 Å². The highest BCUT2D eigenvalue weighted by Crippen LogP contribution is 2.30. The highest BCUT2D eigenvalue weighted by Gasteiger charge is 2.31. The molecule has 8 heteroatoms. The van der Waals surface area contributed by atoms with E-state index in [1.165, 1.54) is 11.3 Å². The van der Waals surface area contributed by atoms with Crippen LogP contribution in [0.3, 0.4) is 0 Å². The maximum absolute atomic E-state index is 12.3. The molecular formula is C13H19N5O2S. The molecule has 0 aliphatic carbocycles. The van der Waals surface area contributed by atoms with Crippen LogP contribution in [0.15, 0.2) is 0 Å². The fourth-order valence-electron chi connectivity index (χ4n) is 2.71. The fraction of sp³-hybridized carbons (Fsp3) is 0.615. The SMILES string of the molecule is CN1CCC(NC(=O)c2sc(N3CCCC3)nc2N)C1=O. The van der Waals surface area contributed by atoms with Crippen molar-refractivity contribution in [1.82, 2.24) is 15.2 Å². The molecule has 2 aliphatic heterocycles. The molecule has 0 spiro atoms. The smallest absolute Gasteiger partial charge is 0.265 e. The van der Waals surface area contributed by atoms with Crippen molar-refractivity contribution in [3.05, 3.63) is 4.88 Å². The van der Waals surface area contributed by atoms with Crippen molar-refractivity contribution >= 4 is 34.1 Å². The highest BCUT2D eigenvalue weighted by molar-refractivity contribution is 7.18. The number of aromatic nitrogens is 1. The van der Waals surface area contributed by atoms with Crippen LogP contribution in [-0.4, -0.2) is 54.4 Å². The summed E-state index contributed by atoms with van der Waals surface area (Å²) < 4.78 is 0. The number of likely N-dealkylation sites (tertiary alicyclic amines) is 1. The highest BCUT2D eigenvalue weighted by atomic mass is 32.1. The Balaban J connectivity index is 1.71. The summed E-state index contributed by atoms with van der Waals surface area (Å²) in [6, 6.07) is -0.445. The molecule has 114 valence electrons. The number of nitrogens with two attached hydrogens (primary N) is 1. The van der Waals surface area contributed by atoms with E-state index in [1.54, 1.807) is 11.9 Å². The molecule has 0 aromatic carbocycles. The molecule has 2 fully saturated rings. The van der Waals surface area contributed by atoms with Gasteiger partial charge in [0.1, 0.15) is 16.7 Å². The summed E-state index contributed by atoms with van der Waals surface area (Å²) in [6.07, 6.45) is 2.92. The predicted molar refractivity (Wildman–Crippen MR) is 81.5 cm³/mol. The lowest BCUT2D eigenvalue weighted by atomic mass is 10.2. The lowest BCUT2D eigenvalue weighted by molar-refractivity contribution is -0.128. The zero-order valence-corrected chi connectivity index (χ0v) is 12.8. The van der Waals surface area contributed by atoms with Gasteiger partial charge >= 0.3 is 0 Å². The summed E-state index contributed by atoms with van der Waals surface area (Å²) in [7, 11) is 1.74. The van der Waals surface area contributed by atoms with Crippen LogP contribution in [-0.2, 0) is 4.79 Å². The number of amides is 2. The van der Waals surface area contributed by atoms with E-state index in [9.17, 15) is 9.59 Å². The molecule has 0 saturated carbocycles. The van der Waals surface area contributed by atoms with E-state index in [2.05, 4.69) is 15.2 Å². The second-order valence-electron chi connectivity index (χ2n) is 5.48. The number of likely N-dealkylation sites (N-methyl/N-ethyl adjacent to an activating group) is 1. The number of nitrogen functional groups attached to an aromatic ring is 1. The van der Waals surface area contributed by atoms with Gasteiger partial charge in [0.15, 0.2) is 5.13 Å². The first-order valence-electron chi connectivity index (χ1n) is 7.13. The van der Waals surface area contributed by atoms with Crippen molar-refractivity contribution in [3.63, 3.8) is 0 Å². The van der Waals surface area contributed by atoms with E-state index in [0.717, 1.165) is 31.1 Å². The Morgan fingerprint density at radius 3 is 2.71 bits per heavy atom. The standard InChI is InChI=1S/C13H19N5O2S/c1-17-7-4-8(12(17)20)15-11(19)9-10(14)16-13(21-9)18-5-2-3-6-18/h8H,2-7,14H2,1H3,(H,15,19). The van der Waals surface area contributed by atoms with Crippen molar-refractivity contribution < 1.29 is 9.59 Å². The molecule has 3 heterocycles. The first-order chi connectivity index (χ1) is 10.1. The normalized spacial score (nSPS) is 22.1. The van der Waals surface area contributed by atoms with E-state index >= 15 is 0 Å². The minimum absolute atomic E-state index is 0.0498. The number of thiazole rings is 1. The maximum atomic E-state index is 12.3. The second-order valence-corrected chi connectivity index (χ2v) is 6.46. The van der Waals surface area contributed by atoms with Crippen LogP contribution in [0, 0.1) is 0 Å². The monoisotopic (exact) mass is 309 g/mol. The summed E-state index contributed by atoms with van der Waals surface area (Å²) in [4.78, 5) is 32.6. The molecular weight excluding hydrogens is 290 g/mol. The van der Waals surface area contributed by atoms with Crippen molar-refractivity contribution in [3.8, 4) is 0 Å². The lowest BCUT2D eigenvalue weighted by Crippen LogP contribution is -2.40. The third-order valence-corrected chi connectivity index (χ3v) is 5.09. The lowest BCUT2D eigenvalue weighted by Gasteiger charge is -2.12. The number of hydrogen-bond acceptors (Lipinski definition) is 6. The average molecular weight is 309 g/mol. The Labute approximate surface area is 127 Å². The Morgan fingerprint density at radius 1 is 1.38 bits per heavy atom. The molecule has 21 heavy (non-hydrogen) atoms. The number of anilines is 2. The molecule has 1 aromatic heterocycles. The van der Waals surface area contributed by atoms with Crippen LogP contribution in [0.5, 0.6) is 0 Å². The first kappa shape index (κ1) is 14.1. The number of carbonyl (C=O) groups is 2. The molecule has 1 atom stereocenters. The Morgan fingerprint density at radius 2 is 2.10 bits per heavy atom. The van der Waals surface area contributed by atoms with E-state index < -0.39 is 6.04 Å². The number of nitrogens with one attached hydrogen (secondary N) is 1. The molecule has 1 aromatic rings. The van der Waals surface area contributed by atoms with Gasteiger partial charge in [-0.2, -0.15) is 0 Å². The van der Waals surface area contributed by atoms with Gasteiger partial charge in [-0.25, -0.2) is 4.98 Å². The van der Waals surface area contributed by atoms with Crippen LogP contribution < -0.4 is 16.0 Å². The van der Waals surface area contributed by atoms with Gasteiger partial charge in [-0.3, -0.25) is 9.59 Å². The third-order valence-electron chi connectivity index (χ3n) is 3.96. The third kappa shape index (κ3) is 2.67. The van der Waals surface area contributed by atoms with Crippen molar-refractivity contribution in [2.75, 3.05) is 37.3 Å². The number of hydrogen-bond donors (Lipinski definition) is 2. The largest absolute Gasteiger partial charge is 0.382 e. The molecule has 0 bridgehead atoms. The topological polar surface area (TPSA) is 91.6 Å². The average Bonchev–Trinajstić information content (AvgIpc) is 3.15. The number of nitrogens with zero attached hydrogens (tertiary/aromatic N) is 3. The zero-order chi connectivity index (χ0) is 15.0. The molecule has 0 radical (unpaired) electrons. The van der Waals surface area contributed by atoms with E-state index in [-0.39, 0.29) is 17.6 Å². The second kappa shape index (κ2) is 5.51. The number of carbonyl (C=O) groups excluding carboxylic acids is 2. The Bertz CT molecular complexity index is 567. The van der Waals surface area contributed by atoms with Gasteiger partial charge in [-0.05, 0) is 19.3 Å². The molecule has 2 saturated heterocycles. The maximum Gasteiger partial charge on any atom is 0.265 e. The van der Waals surface area contributed by atoms with E-state index in [0.29, 0.717) is 17.8 Å². The zero-order valence-electron chi connectivity index (χ0n) is 12.0. The quantitative estimate of drug-likeness (QED) is 0.837. The fourth-order valence-corrected chi connectivity index (χ4v) is 3.65. The molecule has 3 rings (SSSR count). The van der Waals surface area contributed by atoms with Gasteiger partial charge in [0.05, 0.1) is 0 Å². The van der Waals surface area contributed by atoms with Gasteiger partial charge in [-0.15, -0.1) is 0 Å². The minimum Gasteiger partial charge on any atom is -0.382 e. The summed E-state index contributed by atoms with van der Waals surface area (Å²) >= 11 is 1.30. The van der Waals surface area contributed by atoms with Gasteiger partial charge < -0.3 is 20.9 Å². The molecule has 2 aliphatic rings.